The molecule has 1 saturated heterocycles. The Labute approximate surface area is 168 Å². The Morgan fingerprint density at radius 3 is 2.46 bits per heavy atom. The van der Waals surface area contributed by atoms with Gasteiger partial charge in [-0.25, -0.2) is 8.42 Å². The van der Waals surface area contributed by atoms with Crippen LogP contribution in [0.2, 0.25) is 5.02 Å². The Balaban J connectivity index is 1.80. The van der Waals surface area contributed by atoms with Crippen LogP contribution in [-0.4, -0.2) is 56.1 Å². The number of piperazine rings is 1. The fourth-order valence-corrected chi connectivity index (χ4v) is 4.30. The third-order valence-corrected chi connectivity index (χ3v) is 6.60. The number of sulfonamides is 1. The number of benzene rings is 2. The van der Waals surface area contributed by atoms with Crippen molar-refractivity contribution in [3.05, 3.63) is 65.2 Å². The number of amides is 2. The van der Waals surface area contributed by atoms with E-state index >= 15 is 0 Å². The number of likely N-dealkylation sites (N-methyl/N-ethyl adjacent to an activating group) is 1. The molecule has 0 radical (unpaired) electrons. The monoisotopic (exact) mass is 421 g/mol. The Bertz CT molecular complexity index is 964. The zero-order valence-electron chi connectivity index (χ0n) is 15.2. The van der Waals surface area contributed by atoms with E-state index in [0.29, 0.717) is 23.7 Å². The zero-order valence-corrected chi connectivity index (χ0v) is 16.8. The highest BCUT2D eigenvalue weighted by atomic mass is 35.5. The fourth-order valence-electron chi connectivity index (χ4n) is 3.06. The maximum Gasteiger partial charge on any atom is 0.247 e. The number of hydrogen-bond acceptors (Lipinski definition) is 4. The van der Waals surface area contributed by atoms with Gasteiger partial charge in [0, 0.05) is 25.2 Å². The summed E-state index contributed by atoms with van der Waals surface area (Å²) in [4.78, 5) is 26.7. The highest BCUT2D eigenvalue weighted by molar-refractivity contribution is 7.89. The fraction of sp³-hybridized carbons (Fsp3) is 0.263. The van der Waals surface area contributed by atoms with Crippen LogP contribution in [0.25, 0.3) is 0 Å². The number of hydrogen-bond donors (Lipinski definition) is 1. The molecule has 148 valence electrons. The minimum absolute atomic E-state index is 0.0446. The van der Waals surface area contributed by atoms with Gasteiger partial charge in [-0.1, -0.05) is 41.9 Å². The van der Waals surface area contributed by atoms with Crippen LogP contribution in [0.15, 0.2) is 59.5 Å². The average Bonchev–Trinajstić information content (AvgIpc) is 2.68. The summed E-state index contributed by atoms with van der Waals surface area (Å²) in [5, 5.41) is 3.17. The molecule has 1 fully saturated rings. The number of carbonyl (C=O) groups excluding carboxylic acids is 2. The van der Waals surface area contributed by atoms with Crippen LogP contribution >= 0.6 is 11.6 Å². The summed E-state index contributed by atoms with van der Waals surface area (Å²) in [6.45, 7) is 0.252. The van der Waals surface area contributed by atoms with Crippen LogP contribution in [0, 0.1) is 0 Å². The van der Waals surface area contributed by atoms with E-state index in [1.807, 2.05) is 6.07 Å². The van der Waals surface area contributed by atoms with E-state index in [0.717, 1.165) is 4.31 Å². The summed E-state index contributed by atoms with van der Waals surface area (Å²) < 4.78 is 26.4. The minimum atomic E-state index is -3.86. The standard InChI is InChI=1S/C19H20ClN3O4S/c1-22(28(26,27)16-9-7-15(20)8-10-16)13-17(24)23-12-11-21-19(25)18(23)14-5-3-2-4-6-14/h2-10,18H,11-13H2,1H3,(H,21,25). The topological polar surface area (TPSA) is 86.8 Å². The number of rotatable bonds is 5. The molecule has 0 bridgehead atoms. The van der Waals surface area contributed by atoms with Gasteiger partial charge in [0.2, 0.25) is 21.8 Å². The first-order valence-corrected chi connectivity index (χ1v) is 10.5. The molecule has 0 saturated carbocycles. The molecule has 2 aromatic rings. The van der Waals surface area contributed by atoms with Crippen molar-refractivity contribution < 1.29 is 18.0 Å². The van der Waals surface area contributed by atoms with Crippen molar-refractivity contribution in [1.82, 2.24) is 14.5 Å². The molecule has 1 N–H and O–H groups in total. The number of halogens is 1. The van der Waals surface area contributed by atoms with Gasteiger partial charge in [0.1, 0.15) is 6.04 Å². The summed E-state index contributed by atoms with van der Waals surface area (Å²) in [6, 6.07) is 13.9. The first kappa shape index (κ1) is 20.3. The van der Waals surface area contributed by atoms with Gasteiger partial charge in [-0.2, -0.15) is 4.31 Å². The summed E-state index contributed by atoms with van der Waals surface area (Å²) in [7, 11) is -2.52. The summed E-state index contributed by atoms with van der Waals surface area (Å²) in [6.07, 6.45) is 0. The largest absolute Gasteiger partial charge is 0.352 e. The van der Waals surface area contributed by atoms with Crippen LogP contribution in [0.4, 0.5) is 0 Å². The Morgan fingerprint density at radius 2 is 1.82 bits per heavy atom. The normalized spacial score (nSPS) is 17.5. The molecule has 9 heteroatoms. The third-order valence-electron chi connectivity index (χ3n) is 4.53. The molecule has 1 atom stereocenters. The van der Waals surface area contributed by atoms with E-state index < -0.39 is 22.0 Å². The molecule has 28 heavy (non-hydrogen) atoms. The van der Waals surface area contributed by atoms with E-state index in [4.69, 9.17) is 11.6 Å². The van der Waals surface area contributed by atoms with Crippen LogP contribution in [0.3, 0.4) is 0 Å². The SMILES string of the molecule is CN(CC(=O)N1CCNC(=O)C1c1ccccc1)S(=O)(=O)c1ccc(Cl)cc1. The van der Waals surface area contributed by atoms with Gasteiger partial charge in [-0.05, 0) is 29.8 Å². The second kappa shape index (κ2) is 8.30. The van der Waals surface area contributed by atoms with Crippen LogP contribution < -0.4 is 5.32 Å². The molecule has 0 spiro atoms. The molecule has 2 aromatic carbocycles. The maximum absolute atomic E-state index is 12.9. The molecule has 1 heterocycles. The molecule has 1 unspecified atom stereocenters. The highest BCUT2D eigenvalue weighted by Gasteiger charge is 2.35. The van der Waals surface area contributed by atoms with Crippen molar-refractivity contribution in [2.45, 2.75) is 10.9 Å². The molecule has 0 aromatic heterocycles. The number of nitrogens with zero attached hydrogens (tertiary/aromatic N) is 2. The Kier molecular flexibility index (Phi) is 6.02. The van der Waals surface area contributed by atoms with E-state index in [1.165, 1.54) is 36.2 Å². The average molecular weight is 422 g/mol. The van der Waals surface area contributed by atoms with E-state index in [-0.39, 0.29) is 17.3 Å². The molecule has 3 rings (SSSR count). The summed E-state index contributed by atoms with van der Waals surface area (Å²) in [5.41, 5.74) is 0.677. The van der Waals surface area contributed by atoms with Gasteiger partial charge in [-0.3, -0.25) is 9.59 Å². The second-order valence-corrected chi connectivity index (χ2v) is 8.89. The van der Waals surface area contributed by atoms with Crippen molar-refractivity contribution in [1.29, 1.82) is 0 Å². The van der Waals surface area contributed by atoms with Crippen LogP contribution in [0.1, 0.15) is 11.6 Å². The molecular formula is C19H20ClN3O4S. The lowest BCUT2D eigenvalue weighted by molar-refractivity contribution is -0.143. The lowest BCUT2D eigenvalue weighted by Gasteiger charge is -2.36. The van der Waals surface area contributed by atoms with E-state index in [2.05, 4.69) is 5.32 Å². The van der Waals surface area contributed by atoms with Gasteiger partial charge >= 0.3 is 0 Å². The van der Waals surface area contributed by atoms with Gasteiger partial charge in [-0.15, -0.1) is 0 Å². The Morgan fingerprint density at radius 1 is 1.18 bits per heavy atom. The number of nitrogens with one attached hydrogen (secondary N) is 1. The molecule has 2 amide bonds. The van der Waals surface area contributed by atoms with Gasteiger partial charge in [0.25, 0.3) is 0 Å². The van der Waals surface area contributed by atoms with Crippen molar-refractivity contribution in [2.75, 3.05) is 26.7 Å². The smallest absolute Gasteiger partial charge is 0.247 e. The third kappa shape index (κ3) is 4.19. The second-order valence-electron chi connectivity index (χ2n) is 6.41. The first-order valence-electron chi connectivity index (χ1n) is 8.65. The Hall–Kier alpha value is -2.42. The van der Waals surface area contributed by atoms with Crippen molar-refractivity contribution in [3.63, 3.8) is 0 Å². The zero-order chi connectivity index (χ0) is 20.3. The van der Waals surface area contributed by atoms with Crippen molar-refractivity contribution >= 4 is 33.4 Å². The van der Waals surface area contributed by atoms with Crippen LogP contribution in [0.5, 0.6) is 0 Å². The number of carbonyl (C=O) groups is 2. The lowest BCUT2D eigenvalue weighted by atomic mass is 10.0. The van der Waals surface area contributed by atoms with Gasteiger partial charge in [0.05, 0.1) is 11.4 Å². The van der Waals surface area contributed by atoms with E-state index in [9.17, 15) is 18.0 Å². The first-order chi connectivity index (χ1) is 13.3. The summed E-state index contributed by atoms with van der Waals surface area (Å²) in [5.74, 6) is -0.724. The van der Waals surface area contributed by atoms with Crippen molar-refractivity contribution in [3.8, 4) is 0 Å². The lowest BCUT2D eigenvalue weighted by Crippen LogP contribution is -2.54. The van der Waals surface area contributed by atoms with Crippen LogP contribution in [-0.2, 0) is 19.6 Å². The van der Waals surface area contributed by atoms with Gasteiger partial charge in [0.15, 0.2) is 0 Å². The predicted octanol–water partition coefficient (Wildman–Crippen LogP) is 1.66. The van der Waals surface area contributed by atoms with Crippen molar-refractivity contribution in [2.24, 2.45) is 0 Å². The summed E-state index contributed by atoms with van der Waals surface area (Å²) >= 11 is 5.81. The molecule has 7 nitrogen and oxygen atoms in total. The minimum Gasteiger partial charge on any atom is -0.352 e. The van der Waals surface area contributed by atoms with Gasteiger partial charge < -0.3 is 10.2 Å². The van der Waals surface area contributed by atoms with E-state index in [1.54, 1.807) is 24.3 Å². The quantitative estimate of drug-likeness (QED) is 0.795. The molecular weight excluding hydrogens is 402 g/mol. The molecule has 0 aliphatic carbocycles. The predicted molar refractivity (Wildman–Crippen MR) is 105 cm³/mol. The molecule has 1 aliphatic heterocycles. The maximum atomic E-state index is 12.9. The highest BCUT2D eigenvalue weighted by Crippen LogP contribution is 2.24. The molecule has 1 aliphatic rings.